The van der Waals surface area contributed by atoms with Crippen molar-refractivity contribution in [2.75, 3.05) is 26.4 Å². The lowest BCUT2D eigenvalue weighted by molar-refractivity contribution is -0.167. The second-order valence-corrected chi connectivity index (χ2v) is 5.66. The fraction of sp³-hybridized carbons (Fsp3) is 0.722. The van der Waals surface area contributed by atoms with Gasteiger partial charge >= 0.3 is 11.9 Å². The number of carbonyl (C=O) groups is 3. The topological polar surface area (TPSA) is 100 Å². The van der Waals surface area contributed by atoms with Crippen molar-refractivity contribution in [1.29, 1.82) is 0 Å². The molecule has 1 atom stereocenters. The SMILES string of the molecule is CCOC(=O)C(CC#CCOC1CCCCO1)(NC(C)=O)C(=O)OCC. The highest BCUT2D eigenvalue weighted by Gasteiger charge is 2.49. The zero-order chi connectivity index (χ0) is 19.4. The van der Waals surface area contributed by atoms with Gasteiger partial charge in [-0.05, 0) is 33.1 Å². The van der Waals surface area contributed by atoms with E-state index in [4.69, 9.17) is 18.9 Å². The van der Waals surface area contributed by atoms with E-state index in [9.17, 15) is 14.4 Å². The van der Waals surface area contributed by atoms with Gasteiger partial charge in [-0.15, -0.1) is 0 Å². The van der Waals surface area contributed by atoms with Crippen LogP contribution in [0.2, 0.25) is 0 Å². The smallest absolute Gasteiger partial charge is 0.344 e. The first-order valence-electron chi connectivity index (χ1n) is 8.78. The molecule has 1 heterocycles. The van der Waals surface area contributed by atoms with Crippen LogP contribution in [0.1, 0.15) is 46.5 Å². The number of hydrogen-bond donors (Lipinski definition) is 1. The number of ether oxygens (including phenoxy) is 4. The Labute approximate surface area is 153 Å². The molecule has 0 spiro atoms. The Bertz CT molecular complexity index is 525. The Morgan fingerprint density at radius 1 is 1.12 bits per heavy atom. The molecule has 0 aromatic heterocycles. The van der Waals surface area contributed by atoms with Gasteiger partial charge in [0.05, 0.1) is 19.6 Å². The summed E-state index contributed by atoms with van der Waals surface area (Å²) in [5.74, 6) is 3.06. The van der Waals surface area contributed by atoms with Gasteiger partial charge in [0.25, 0.3) is 0 Å². The number of amides is 1. The van der Waals surface area contributed by atoms with E-state index in [1.54, 1.807) is 13.8 Å². The molecule has 8 heteroatoms. The first-order chi connectivity index (χ1) is 12.5. The Morgan fingerprint density at radius 2 is 1.77 bits per heavy atom. The third kappa shape index (κ3) is 6.65. The molecular weight excluding hydrogens is 342 g/mol. The number of esters is 2. The molecule has 8 nitrogen and oxygen atoms in total. The maximum Gasteiger partial charge on any atom is 0.344 e. The summed E-state index contributed by atoms with van der Waals surface area (Å²) in [5.41, 5.74) is -1.99. The van der Waals surface area contributed by atoms with Crippen LogP contribution in [-0.2, 0) is 33.3 Å². The van der Waals surface area contributed by atoms with Crippen molar-refractivity contribution in [3.05, 3.63) is 0 Å². The maximum atomic E-state index is 12.4. The first-order valence-corrected chi connectivity index (χ1v) is 8.78. The number of rotatable bonds is 8. The van der Waals surface area contributed by atoms with Crippen molar-refractivity contribution in [2.24, 2.45) is 0 Å². The van der Waals surface area contributed by atoms with E-state index in [-0.39, 0.29) is 32.5 Å². The molecule has 1 unspecified atom stereocenters. The molecule has 1 aliphatic heterocycles. The second kappa shape index (κ2) is 11.5. The molecule has 26 heavy (non-hydrogen) atoms. The fourth-order valence-corrected chi connectivity index (χ4v) is 2.41. The summed E-state index contributed by atoms with van der Waals surface area (Å²) in [6.45, 7) is 5.26. The van der Waals surface area contributed by atoms with E-state index in [1.807, 2.05) is 0 Å². The lowest BCUT2D eigenvalue weighted by Gasteiger charge is -2.27. The Kier molecular flexibility index (Phi) is 9.70. The van der Waals surface area contributed by atoms with Crippen LogP contribution in [0.3, 0.4) is 0 Å². The van der Waals surface area contributed by atoms with Crippen LogP contribution < -0.4 is 5.32 Å². The molecule has 0 saturated carbocycles. The average Bonchev–Trinajstić information content (AvgIpc) is 2.61. The molecule has 0 aromatic carbocycles. The van der Waals surface area contributed by atoms with Crippen LogP contribution in [0, 0.1) is 11.8 Å². The summed E-state index contributed by atoms with van der Waals surface area (Å²) in [6, 6.07) is 0. The van der Waals surface area contributed by atoms with E-state index in [1.165, 1.54) is 6.92 Å². The Balaban J connectivity index is 2.82. The normalized spacial score (nSPS) is 16.8. The van der Waals surface area contributed by atoms with E-state index in [0.717, 1.165) is 19.3 Å². The highest BCUT2D eigenvalue weighted by molar-refractivity contribution is 6.08. The van der Waals surface area contributed by atoms with Crippen LogP contribution in [-0.4, -0.2) is 56.1 Å². The first kappa shape index (κ1) is 21.9. The third-order valence-corrected chi connectivity index (χ3v) is 3.60. The highest BCUT2D eigenvalue weighted by Crippen LogP contribution is 2.16. The lowest BCUT2D eigenvalue weighted by Crippen LogP contribution is -2.61. The molecule has 0 bridgehead atoms. The van der Waals surface area contributed by atoms with Crippen molar-refractivity contribution in [2.45, 2.75) is 58.3 Å². The van der Waals surface area contributed by atoms with E-state index in [0.29, 0.717) is 6.61 Å². The van der Waals surface area contributed by atoms with Gasteiger partial charge in [0.2, 0.25) is 11.4 Å². The minimum absolute atomic E-state index is 0.0507. The van der Waals surface area contributed by atoms with Gasteiger partial charge in [-0.2, -0.15) is 0 Å². The average molecular weight is 369 g/mol. The largest absolute Gasteiger partial charge is 0.464 e. The predicted octanol–water partition coefficient (Wildman–Crippen LogP) is 0.924. The van der Waals surface area contributed by atoms with Crippen molar-refractivity contribution in [1.82, 2.24) is 5.32 Å². The molecule has 146 valence electrons. The monoisotopic (exact) mass is 369 g/mol. The number of hydrogen-bond acceptors (Lipinski definition) is 7. The number of carbonyl (C=O) groups excluding carboxylic acids is 3. The third-order valence-electron chi connectivity index (χ3n) is 3.60. The molecule has 1 aliphatic rings. The summed E-state index contributed by atoms with van der Waals surface area (Å²) in [4.78, 5) is 36.3. The Morgan fingerprint density at radius 3 is 2.27 bits per heavy atom. The van der Waals surface area contributed by atoms with Crippen molar-refractivity contribution < 1.29 is 33.3 Å². The van der Waals surface area contributed by atoms with Crippen LogP contribution in [0.15, 0.2) is 0 Å². The van der Waals surface area contributed by atoms with Gasteiger partial charge < -0.3 is 24.3 Å². The van der Waals surface area contributed by atoms with Gasteiger partial charge in [-0.25, -0.2) is 9.59 Å². The summed E-state index contributed by atoms with van der Waals surface area (Å²) in [5, 5.41) is 2.35. The molecular formula is C18H27NO7. The molecule has 0 radical (unpaired) electrons. The van der Waals surface area contributed by atoms with Crippen LogP contribution in [0.5, 0.6) is 0 Å². The molecule has 1 amide bonds. The van der Waals surface area contributed by atoms with Crippen LogP contribution >= 0.6 is 0 Å². The highest BCUT2D eigenvalue weighted by atomic mass is 16.7. The summed E-state index contributed by atoms with van der Waals surface area (Å²) < 4.78 is 20.8. The predicted molar refractivity (Wildman–Crippen MR) is 91.7 cm³/mol. The Hall–Kier alpha value is -2.11. The van der Waals surface area contributed by atoms with Gasteiger partial charge in [-0.1, -0.05) is 11.8 Å². The van der Waals surface area contributed by atoms with E-state index >= 15 is 0 Å². The molecule has 0 aromatic rings. The van der Waals surface area contributed by atoms with E-state index in [2.05, 4.69) is 17.2 Å². The van der Waals surface area contributed by atoms with Crippen molar-refractivity contribution in [3.8, 4) is 11.8 Å². The zero-order valence-electron chi connectivity index (χ0n) is 15.6. The van der Waals surface area contributed by atoms with Gasteiger partial charge in [-0.3, -0.25) is 4.79 Å². The molecule has 1 saturated heterocycles. The zero-order valence-corrected chi connectivity index (χ0v) is 15.6. The second-order valence-electron chi connectivity index (χ2n) is 5.66. The van der Waals surface area contributed by atoms with Crippen LogP contribution in [0.4, 0.5) is 0 Å². The van der Waals surface area contributed by atoms with Gasteiger partial charge in [0.1, 0.15) is 6.61 Å². The number of nitrogens with one attached hydrogen (secondary N) is 1. The summed E-state index contributed by atoms with van der Waals surface area (Å²) >= 11 is 0. The lowest BCUT2D eigenvalue weighted by atomic mass is 9.95. The quantitative estimate of drug-likeness (QED) is 0.386. The maximum absolute atomic E-state index is 12.4. The van der Waals surface area contributed by atoms with Gasteiger partial charge in [0.15, 0.2) is 6.29 Å². The minimum Gasteiger partial charge on any atom is -0.464 e. The van der Waals surface area contributed by atoms with Crippen molar-refractivity contribution >= 4 is 17.8 Å². The molecule has 1 rings (SSSR count). The molecule has 0 aliphatic carbocycles. The minimum atomic E-state index is -1.99. The standard InChI is InChI=1S/C18H27NO7/c1-4-23-16(21)18(19-14(3)20,17(22)24-5-2)11-7-9-13-26-15-10-6-8-12-25-15/h15H,4-6,8,10-13H2,1-3H3,(H,19,20). The van der Waals surface area contributed by atoms with Crippen molar-refractivity contribution in [3.63, 3.8) is 0 Å². The summed E-state index contributed by atoms with van der Waals surface area (Å²) in [7, 11) is 0. The van der Waals surface area contributed by atoms with Gasteiger partial charge in [0, 0.05) is 13.5 Å². The molecule has 1 fully saturated rings. The van der Waals surface area contributed by atoms with Crippen LogP contribution in [0.25, 0.3) is 0 Å². The summed E-state index contributed by atoms with van der Waals surface area (Å²) in [6.07, 6.45) is 2.30. The fourth-order valence-electron chi connectivity index (χ4n) is 2.41. The van der Waals surface area contributed by atoms with E-state index < -0.39 is 23.4 Å². The molecule has 1 N–H and O–H groups in total.